The highest BCUT2D eigenvalue weighted by atomic mass is 32.2. The molecule has 0 radical (unpaired) electrons. The van der Waals surface area contributed by atoms with Gasteiger partial charge in [-0.1, -0.05) is 30.3 Å². The Morgan fingerprint density at radius 2 is 1.75 bits per heavy atom. The second-order valence-electron chi connectivity index (χ2n) is 5.67. The zero-order valence-corrected chi connectivity index (χ0v) is 13.9. The van der Waals surface area contributed by atoms with Gasteiger partial charge in [-0.05, 0) is 29.8 Å². The van der Waals surface area contributed by atoms with Crippen molar-refractivity contribution in [3.63, 3.8) is 0 Å². The third-order valence-electron chi connectivity index (χ3n) is 4.33. The molecule has 0 unspecified atom stereocenters. The van der Waals surface area contributed by atoms with E-state index in [0.717, 1.165) is 11.3 Å². The first-order valence-electron chi connectivity index (χ1n) is 7.67. The number of urea groups is 1. The summed E-state index contributed by atoms with van der Waals surface area (Å²) in [6.07, 6.45) is 0. The van der Waals surface area contributed by atoms with Gasteiger partial charge in [0, 0.05) is 5.75 Å². The number of para-hydroxylation sites is 1. The van der Waals surface area contributed by atoms with E-state index in [1.807, 2.05) is 42.5 Å². The molecule has 2 aliphatic heterocycles. The Bertz CT molecular complexity index is 779. The summed E-state index contributed by atoms with van der Waals surface area (Å²) in [5.74, 6) is 1.24. The van der Waals surface area contributed by atoms with Gasteiger partial charge in [-0.3, -0.25) is 9.69 Å². The Kier molecular flexibility index (Phi) is 3.69. The third-order valence-corrected chi connectivity index (χ3v) is 5.66. The number of benzene rings is 2. The quantitative estimate of drug-likeness (QED) is 0.805. The molecule has 2 aromatic rings. The van der Waals surface area contributed by atoms with Crippen LogP contribution in [0.4, 0.5) is 10.5 Å². The molecule has 2 aliphatic rings. The molecule has 0 spiro atoms. The molecule has 2 saturated heterocycles. The number of nitrogens with zero attached hydrogens (tertiary/aromatic N) is 2. The van der Waals surface area contributed by atoms with Crippen LogP contribution in [0.3, 0.4) is 0 Å². The molecular weight excluding hydrogens is 324 g/mol. The maximum absolute atomic E-state index is 12.9. The van der Waals surface area contributed by atoms with Crippen LogP contribution in [0.5, 0.6) is 5.75 Å². The molecular formula is C18H16N2O3S. The van der Waals surface area contributed by atoms with Crippen molar-refractivity contribution in [1.82, 2.24) is 4.90 Å². The van der Waals surface area contributed by atoms with Crippen molar-refractivity contribution in [2.24, 2.45) is 0 Å². The zero-order valence-electron chi connectivity index (χ0n) is 13.1. The van der Waals surface area contributed by atoms with Gasteiger partial charge in [-0.2, -0.15) is 0 Å². The van der Waals surface area contributed by atoms with Crippen LogP contribution in [0.2, 0.25) is 0 Å². The Labute approximate surface area is 144 Å². The number of anilines is 1. The lowest BCUT2D eigenvalue weighted by atomic mass is 10.2. The zero-order chi connectivity index (χ0) is 16.7. The highest BCUT2D eigenvalue weighted by Gasteiger charge is 2.53. The van der Waals surface area contributed by atoms with Gasteiger partial charge in [0.25, 0.3) is 5.91 Å². The van der Waals surface area contributed by atoms with Crippen LogP contribution in [0.25, 0.3) is 0 Å². The van der Waals surface area contributed by atoms with Crippen molar-refractivity contribution >= 4 is 29.4 Å². The smallest absolute Gasteiger partial charge is 0.333 e. The van der Waals surface area contributed by atoms with Crippen molar-refractivity contribution < 1.29 is 14.3 Å². The van der Waals surface area contributed by atoms with Crippen molar-refractivity contribution in [2.75, 3.05) is 17.8 Å². The molecule has 4 rings (SSSR count). The largest absolute Gasteiger partial charge is 0.497 e. The first kappa shape index (κ1) is 15.1. The van der Waals surface area contributed by atoms with Crippen LogP contribution in [-0.4, -0.2) is 35.7 Å². The number of fused-ring (bicyclic) bond motifs is 1. The lowest BCUT2D eigenvalue weighted by molar-refractivity contribution is -0.119. The number of imide groups is 1. The molecule has 0 aliphatic carbocycles. The molecule has 2 heterocycles. The van der Waals surface area contributed by atoms with Gasteiger partial charge in [-0.25, -0.2) is 9.69 Å². The maximum Gasteiger partial charge on any atom is 0.333 e. The topological polar surface area (TPSA) is 49.9 Å². The number of carbonyl (C=O) groups excluding carboxylic acids is 2. The predicted molar refractivity (Wildman–Crippen MR) is 93.1 cm³/mol. The fourth-order valence-corrected chi connectivity index (χ4v) is 4.54. The van der Waals surface area contributed by atoms with Gasteiger partial charge in [0.1, 0.15) is 17.2 Å². The van der Waals surface area contributed by atoms with Crippen molar-refractivity contribution in [3.05, 3.63) is 60.2 Å². The molecule has 0 N–H and O–H groups in total. The van der Waals surface area contributed by atoms with Gasteiger partial charge in [0.2, 0.25) is 0 Å². The van der Waals surface area contributed by atoms with E-state index in [1.165, 1.54) is 4.90 Å². The van der Waals surface area contributed by atoms with Crippen LogP contribution < -0.4 is 9.64 Å². The number of methoxy groups -OCH3 is 1. The Balaban J connectivity index is 1.65. The summed E-state index contributed by atoms with van der Waals surface area (Å²) < 4.78 is 5.18. The minimum absolute atomic E-state index is 0.144. The summed E-state index contributed by atoms with van der Waals surface area (Å²) in [6, 6.07) is 16.1. The molecule has 122 valence electrons. The normalized spacial score (nSPS) is 22.9. The molecule has 6 heteroatoms. The van der Waals surface area contributed by atoms with E-state index in [4.69, 9.17) is 4.74 Å². The SMILES string of the molecule is COc1ccc([C@@H]2SC[C@H]3C(=O)N(c4ccccc4)C(=O)N32)cc1. The summed E-state index contributed by atoms with van der Waals surface area (Å²) in [6.45, 7) is 0. The van der Waals surface area contributed by atoms with E-state index >= 15 is 0 Å². The fourth-order valence-electron chi connectivity index (χ4n) is 3.13. The molecule has 24 heavy (non-hydrogen) atoms. The number of ether oxygens (including phenoxy) is 1. The van der Waals surface area contributed by atoms with E-state index in [1.54, 1.807) is 35.9 Å². The molecule has 2 aromatic carbocycles. The minimum Gasteiger partial charge on any atom is -0.497 e. The van der Waals surface area contributed by atoms with E-state index in [-0.39, 0.29) is 17.3 Å². The summed E-state index contributed by atoms with van der Waals surface area (Å²) in [7, 11) is 1.62. The van der Waals surface area contributed by atoms with Gasteiger partial charge in [0.05, 0.1) is 12.8 Å². The molecule has 0 saturated carbocycles. The van der Waals surface area contributed by atoms with Gasteiger partial charge in [0.15, 0.2) is 0 Å². The lowest BCUT2D eigenvalue weighted by Crippen LogP contribution is -2.33. The van der Waals surface area contributed by atoms with Crippen LogP contribution in [-0.2, 0) is 4.79 Å². The molecule has 2 atom stereocenters. The van der Waals surface area contributed by atoms with E-state index in [2.05, 4.69) is 0 Å². The molecule has 5 nitrogen and oxygen atoms in total. The second-order valence-corrected chi connectivity index (χ2v) is 6.79. The first-order chi connectivity index (χ1) is 11.7. The summed E-state index contributed by atoms with van der Waals surface area (Å²) in [4.78, 5) is 28.6. The van der Waals surface area contributed by atoms with Crippen molar-refractivity contribution in [2.45, 2.75) is 11.4 Å². The first-order valence-corrected chi connectivity index (χ1v) is 8.72. The average Bonchev–Trinajstić information content (AvgIpc) is 3.17. The van der Waals surface area contributed by atoms with Crippen molar-refractivity contribution in [3.8, 4) is 5.75 Å². The van der Waals surface area contributed by atoms with Crippen LogP contribution >= 0.6 is 11.8 Å². The van der Waals surface area contributed by atoms with E-state index < -0.39 is 6.04 Å². The summed E-state index contributed by atoms with van der Waals surface area (Å²) in [5.41, 5.74) is 1.62. The fraction of sp³-hybridized carbons (Fsp3) is 0.222. The Morgan fingerprint density at radius 1 is 1.04 bits per heavy atom. The number of hydrogen-bond acceptors (Lipinski definition) is 4. The summed E-state index contributed by atoms with van der Waals surface area (Å²) in [5, 5.41) is -0.147. The monoisotopic (exact) mass is 340 g/mol. The van der Waals surface area contributed by atoms with E-state index in [9.17, 15) is 9.59 Å². The molecule has 0 bridgehead atoms. The van der Waals surface area contributed by atoms with Crippen molar-refractivity contribution in [1.29, 1.82) is 0 Å². The molecule has 0 aromatic heterocycles. The molecule has 2 fully saturated rings. The number of carbonyl (C=O) groups is 2. The van der Waals surface area contributed by atoms with Gasteiger partial charge in [-0.15, -0.1) is 11.8 Å². The summed E-state index contributed by atoms with van der Waals surface area (Å²) >= 11 is 1.62. The minimum atomic E-state index is -0.394. The number of thioether (sulfide) groups is 1. The second kappa shape index (κ2) is 5.87. The maximum atomic E-state index is 12.9. The van der Waals surface area contributed by atoms with Crippen LogP contribution in [0, 0.1) is 0 Å². The molecule has 3 amide bonds. The highest BCUT2D eigenvalue weighted by Crippen LogP contribution is 2.46. The Hall–Kier alpha value is -2.47. The Morgan fingerprint density at radius 3 is 2.42 bits per heavy atom. The number of rotatable bonds is 3. The third kappa shape index (κ3) is 2.26. The number of amides is 3. The van der Waals surface area contributed by atoms with Gasteiger partial charge >= 0.3 is 6.03 Å². The van der Waals surface area contributed by atoms with E-state index in [0.29, 0.717) is 11.4 Å². The number of hydrogen-bond donors (Lipinski definition) is 0. The van der Waals surface area contributed by atoms with Gasteiger partial charge < -0.3 is 4.74 Å². The van der Waals surface area contributed by atoms with Crippen LogP contribution in [0.15, 0.2) is 54.6 Å². The standard InChI is InChI=1S/C18H16N2O3S/c1-23-14-9-7-12(8-10-14)17-20-15(11-24-17)16(21)19(18(20)22)13-5-3-2-4-6-13/h2-10,15,17H,11H2,1H3/t15-,17-/m0/s1. The average molecular weight is 340 g/mol. The van der Waals surface area contributed by atoms with Crippen LogP contribution in [0.1, 0.15) is 10.9 Å². The predicted octanol–water partition coefficient (Wildman–Crippen LogP) is 3.28. The highest BCUT2D eigenvalue weighted by molar-refractivity contribution is 7.99. The lowest BCUT2D eigenvalue weighted by Gasteiger charge is -2.23.